The van der Waals surface area contributed by atoms with E-state index in [2.05, 4.69) is 0 Å². The topological polar surface area (TPSA) is 64.8 Å². The summed E-state index contributed by atoms with van der Waals surface area (Å²) in [5.41, 5.74) is 7.13. The lowest BCUT2D eigenvalue weighted by Gasteiger charge is -2.18. The van der Waals surface area contributed by atoms with E-state index in [4.69, 9.17) is 15.2 Å². The van der Waals surface area contributed by atoms with E-state index in [-0.39, 0.29) is 12.5 Å². The third kappa shape index (κ3) is 3.63. The number of nitrogens with two attached hydrogens (primary N) is 1. The van der Waals surface area contributed by atoms with Crippen molar-refractivity contribution < 1.29 is 14.3 Å². The Kier molecular flexibility index (Phi) is 4.97. The van der Waals surface area contributed by atoms with Gasteiger partial charge in [-0.2, -0.15) is 0 Å². The lowest BCUT2D eigenvalue weighted by Crippen LogP contribution is -2.30. The van der Waals surface area contributed by atoms with Crippen molar-refractivity contribution >= 4 is 5.91 Å². The molecule has 0 fully saturated rings. The van der Waals surface area contributed by atoms with Crippen LogP contribution in [-0.2, 0) is 11.3 Å². The molecule has 1 aromatic rings. The first kappa shape index (κ1) is 14.3. The van der Waals surface area contributed by atoms with Crippen molar-refractivity contribution in [3.8, 4) is 11.5 Å². The van der Waals surface area contributed by atoms with Gasteiger partial charge < -0.3 is 15.2 Å². The van der Waals surface area contributed by atoms with E-state index < -0.39 is 0 Å². The number of hydrogen-bond donors (Lipinski definition) is 1. The van der Waals surface area contributed by atoms with Gasteiger partial charge in [0.05, 0.1) is 20.8 Å². The van der Waals surface area contributed by atoms with Crippen molar-refractivity contribution in [1.29, 1.82) is 0 Å². The van der Waals surface area contributed by atoms with Gasteiger partial charge in [0, 0.05) is 12.1 Å². The van der Waals surface area contributed by atoms with Crippen LogP contribution in [0.3, 0.4) is 0 Å². The fourth-order valence-corrected chi connectivity index (χ4v) is 1.85. The zero-order chi connectivity index (χ0) is 13.7. The molecule has 1 amide bonds. The van der Waals surface area contributed by atoms with Crippen LogP contribution in [0.15, 0.2) is 12.1 Å². The Morgan fingerprint density at radius 3 is 2.39 bits per heavy atom. The van der Waals surface area contributed by atoms with Crippen LogP contribution >= 0.6 is 0 Å². The highest BCUT2D eigenvalue weighted by Gasteiger charge is 2.11. The summed E-state index contributed by atoms with van der Waals surface area (Å²) in [4.78, 5) is 12.7. The highest BCUT2D eigenvalue weighted by Crippen LogP contribution is 2.28. The average molecular weight is 252 g/mol. The number of hydrogen-bond acceptors (Lipinski definition) is 4. The molecule has 0 aromatic heterocycles. The van der Waals surface area contributed by atoms with Crippen LogP contribution in [0.5, 0.6) is 11.5 Å². The van der Waals surface area contributed by atoms with Crippen molar-refractivity contribution in [3.63, 3.8) is 0 Å². The second kappa shape index (κ2) is 6.26. The Morgan fingerprint density at radius 2 is 1.89 bits per heavy atom. The van der Waals surface area contributed by atoms with Gasteiger partial charge in [-0.15, -0.1) is 0 Å². The van der Waals surface area contributed by atoms with E-state index >= 15 is 0 Å². The highest BCUT2D eigenvalue weighted by molar-refractivity contribution is 5.75. The van der Waals surface area contributed by atoms with Crippen LogP contribution < -0.4 is 15.2 Å². The zero-order valence-electron chi connectivity index (χ0n) is 11.3. The van der Waals surface area contributed by atoms with E-state index in [0.29, 0.717) is 6.54 Å². The summed E-state index contributed by atoms with van der Waals surface area (Å²) in [5, 5.41) is 0. The first-order valence-electron chi connectivity index (χ1n) is 5.66. The van der Waals surface area contributed by atoms with Gasteiger partial charge in [-0.25, -0.2) is 0 Å². The number of primary amides is 1. The van der Waals surface area contributed by atoms with Crippen LogP contribution in [0.25, 0.3) is 0 Å². The van der Waals surface area contributed by atoms with Crippen molar-refractivity contribution in [2.75, 3.05) is 27.8 Å². The van der Waals surface area contributed by atoms with Crippen molar-refractivity contribution in [2.45, 2.75) is 13.5 Å². The van der Waals surface area contributed by atoms with Crippen LogP contribution in [-0.4, -0.2) is 38.6 Å². The Hall–Kier alpha value is -1.75. The van der Waals surface area contributed by atoms with E-state index in [9.17, 15) is 4.79 Å². The van der Waals surface area contributed by atoms with Crippen LogP contribution in [0.4, 0.5) is 0 Å². The molecule has 1 aromatic carbocycles. The summed E-state index contributed by atoms with van der Waals surface area (Å²) in [6.07, 6.45) is 0. The predicted octanol–water partition coefficient (Wildman–Crippen LogP) is 0.929. The van der Waals surface area contributed by atoms with Crippen LogP contribution in [0.2, 0.25) is 0 Å². The molecule has 0 aliphatic rings. The molecule has 5 heteroatoms. The quantitative estimate of drug-likeness (QED) is 0.818. The molecule has 5 nitrogen and oxygen atoms in total. The maximum absolute atomic E-state index is 10.9. The smallest absolute Gasteiger partial charge is 0.231 e. The van der Waals surface area contributed by atoms with Gasteiger partial charge in [0.15, 0.2) is 0 Å². The lowest BCUT2D eigenvalue weighted by atomic mass is 10.1. The number of ether oxygens (including phenoxy) is 2. The van der Waals surface area contributed by atoms with Crippen molar-refractivity contribution in [3.05, 3.63) is 23.3 Å². The first-order valence-corrected chi connectivity index (χ1v) is 5.66. The SMILES string of the molecule is COc1cc(CN(C)CC(N)=O)c(OC)cc1C. The van der Waals surface area contributed by atoms with Crippen LogP contribution in [0.1, 0.15) is 11.1 Å². The summed E-state index contributed by atoms with van der Waals surface area (Å²) in [6, 6.07) is 3.85. The van der Waals surface area contributed by atoms with Crippen molar-refractivity contribution in [2.24, 2.45) is 5.73 Å². The van der Waals surface area contributed by atoms with Gasteiger partial charge in [-0.3, -0.25) is 9.69 Å². The molecule has 0 aliphatic carbocycles. The molecule has 2 N–H and O–H groups in total. The molecular formula is C13H20N2O3. The summed E-state index contributed by atoms with van der Waals surface area (Å²) in [7, 11) is 5.08. The fraction of sp³-hybridized carbons (Fsp3) is 0.462. The number of amides is 1. The first-order chi connectivity index (χ1) is 8.47. The summed E-state index contributed by atoms with van der Waals surface area (Å²) in [5.74, 6) is 1.23. The molecule has 0 unspecified atom stereocenters. The largest absolute Gasteiger partial charge is 0.496 e. The molecule has 100 valence electrons. The van der Waals surface area contributed by atoms with Crippen molar-refractivity contribution in [1.82, 2.24) is 4.90 Å². The minimum absolute atomic E-state index is 0.208. The maximum atomic E-state index is 10.9. The Bertz CT molecular complexity index is 432. The van der Waals surface area contributed by atoms with Gasteiger partial charge in [0.2, 0.25) is 5.91 Å². The number of nitrogens with zero attached hydrogens (tertiary/aromatic N) is 1. The molecule has 0 saturated carbocycles. The number of likely N-dealkylation sites (N-methyl/N-ethyl adjacent to an activating group) is 1. The molecule has 0 heterocycles. The number of carbonyl (C=O) groups is 1. The third-order valence-corrected chi connectivity index (χ3v) is 2.66. The minimum Gasteiger partial charge on any atom is -0.496 e. The molecule has 1 rings (SSSR count). The third-order valence-electron chi connectivity index (χ3n) is 2.66. The summed E-state index contributed by atoms with van der Waals surface area (Å²) in [6.45, 7) is 2.74. The van der Waals surface area contributed by atoms with E-state index in [0.717, 1.165) is 22.6 Å². The molecule has 0 bridgehead atoms. The Labute approximate surface area is 107 Å². The fourth-order valence-electron chi connectivity index (χ4n) is 1.85. The number of rotatable bonds is 6. The zero-order valence-corrected chi connectivity index (χ0v) is 11.3. The van der Waals surface area contributed by atoms with Gasteiger partial charge in [0.1, 0.15) is 11.5 Å². The Morgan fingerprint density at radius 1 is 1.28 bits per heavy atom. The number of methoxy groups -OCH3 is 2. The molecule has 0 spiro atoms. The molecule has 0 aliphatic heterocycles. The highest BCUT2D eigenvalue weighted by atomic mass is 16.5. The molecule has 0 saturated heterocycles. The van der Waals surface area contributed by atoms with Crippen LogP contribution in [0, 0.1) is 6.92 Å². The van der Waals surface area contributed by atoms with Gasteiger partial charge in [0.25, 0.3) is 0 Å². The summed E-state index contributed by atoms with van der Waals surface area (Å²) < 4.78 is 10.6. The Balaban J connectivity index is 2.95. The monoisotopic (exact) mass is 252 g/mol. The van der Waals surface area contributed by atoms with Gasteiger partial charge >= 0.3 is 0 Å². The molecule has 18 heavy (non-hydrogen) atoms. The minimum atomic E-state index is -0.351. The molecule has 0 atom stereocenters. The number of aryl methyl sites for hydroxylation is 1. The van der Waals surface area contributed by atoms with Gasteiger partial charge in [-0.05, 0) is 31.7 Å². The number of carbonyl (C=O) groups excluding carboxylic acids is 1. The average Bonchev–Trinajstić information content (AvgIpc) is 2.29. The van der Waals surface area contributed by atoms with E-state index in [1.807, 2.05) is 31.0 Å². The van der Waals surface area contributed by atoms with E-state index in [1.165, 1.54) is 0 Å². The van der Waals surface area contributed by atoms with E-state index in [1.54, 1.807) is 14.2 Å². The second-order valence-corrected chi connectivity index (χ2v) is 4.27. The molecular weight excluding hydrogens is 232 g/mol. The standard InChI is InChI=1S/C13H20N2O3/c1-9-5-12(18-4)10(6-11(9)17-3)7-15(2)8-13(14)16/h5-6H,7-8H2,1-4H3,(H2,14,16). The summed E-state index contributed by atoms with van der Waals surface area (Å²) >= 11 is 0. The normalized spacial score (nSPS) is 10.5. The molecule has 0 radical (unpaired) electrons. The number of benzene rings is 1. The van der Waals surface area contributed by atoms with Gasteiger partial charge in [-0.1, -0.05) is 0 Å². The lowest BCUT2D eigenvalue weighted by molar-refractivity contribution is -0.118. The maximum Gasteiger partial charge on any atom is 0.231 e. The predicted molar refractivity (Wildman–Crippen MR) is 69.8 cm³/mol. The second-order valence-electron chi connectivity index (χ2n) is 4.27.